The first-order valence-electron chi connectivity index (χ1n) is 7.05. The average Bonchev–Trinajstić information content (AvgIpc) is 2.89. The van der Waals surface area contributed by atoms with Crippen molar-refractivity contribution in [2.24, 2.45) is 5.84 Å². The second-order valence-electron chi connectivity index (χ2n) is 4.89. The molecule has 0 amide bonds. The zero-order valence-corrected chi connectivity index (χ0v) is 16.0. The highest BCUT2D eigenvalue weighted by atomic mass is 127. The van der Waals surface area contributed by atoms with Gasteiger partial charge in [-0.2, -0.15) is 5.10 Å². The van der Waals surface area contributed by atoms with Crippen molar-refractivity contribution >= 4 is 38.5 Å². The van der Waals surface area contributed by atoms with Crippen LogP contribution in [0.4, 0.5) is 0 Å². The maximum atomic E-state index is 5.80. The van der Waals surface area contributed by atoms with E-state index in [1.165, 1.54) is 14.8 Å². The number of hydrogen-bond acceptors (Lipinski definition) is 3. The van der Waals surface area contributed by atoms with Gasteiger partial charge in [-0.15, -0.1) is 0 Å². The second-order valence-corrected chi connectivity index (χ2v) is 6.96. The Balaban J connectivity index is 2.30. The number of nitrogens with zero attached hydrogens (tertiary/aromatic N) is 2. The summed E-state index contributed by atoms with van der Waals surface area (Å²) in [5, 5.41) is 4.61. The number of hydrazine groups is 1. The van der Waals surface area contributed by atoms with E-state index in [-0.39, 0.29) is 6.04 Å². The number of halogens is 2. The van der Waals surface area contributed by atoms with Crippen LogP contribution in [0.15, 0.2) is 28.7 Å². The summed E-state index contributed by atoms with van der Waals surface area (Å²) in [4.78, 5) is 0. The Morgan fingerprint density at radius 1 is 1.38 bits per heavy atom. The molecule has 0 aliphatic heterocycles. The molecule has 0 aliphatic carbocycles. The molecule has 0 bridgehead atoms. The van der Waals surface area contributed by atoms with Crippen molar-refractivity contribution in [2.45, 2.75) is 39.3 Å². The quantitative estimate of drug-likeness (QED) is 0.392. The van der Waals surface area contributed by atoms with Crippen LogP contribution in [0.3, 0.4) is 0 Å². The molecule has 1 aromatic heterocycles. The van der Waals surface area contributed by atoms with E-state index >= 15 is 0 Å². The molecule has 0 saturated heterocycles. The minimum Gasteiger partial charge on any atom is -0.271 e. The normalized spacial score (nSPS) is 12.6. The molecule has 4 nitrogen and oxygen atoms in total. The summed E-state index contributed by atoms with van der Waals surface area (Å²) in [6.07, 6.45) is 1.78. The fourth-order valence-electron chi connectivity index (χ4n) is 2.38. The molecule has 0 spiro atoms. The first kappa shape index (κ1) is 16.9. The molecule has 0 aliphatic rings. The molecule has 2 rings (SSSR count). The van der Waals surface area contributed by atoms with E-state index in [9.17, 15) is 0 Å². The number of nitrogens with two attached hydrogens (primary N) is 1. The first-order chi connectivity index (χ1) is 10.1. The third-order valence-electron chi connectivity index (χ3n) is 3.52. The van der Waals surface area contributed by atoms with Gasteiger partial charge >= 0.3 is 0 Å². The Morgan fingerprint density at radius 2 is 2.14 bits per heavy atom. The van der Waals surface area contributed by atoms with E-state index in [2.05, 4.69) is 85.8 Å². The lowest BCUT2D eigenvalue weighted by Gasteiger charge is -2.18. The van der Waals surface area contributed by atoms with Gasteiger partial charge in [-0.05, 0) is 65.8 Å². The fraction of sp³-hybridized carbons (Fsp3) is 0.400. The predicted octanol–water partition coefficient (Wildman–Crippen LogP) is 3.58. The highest BCUT2D eigenvalue weighted by molar-refractivity contribution is 14.1. The molecule has 1 heterocycles. The molecule has 6 heteroatoms. The van der Waals surface area contributed by atoms with Gasteiger partial charge in [0.15, 0.2) is 0 Å². The topological polar surface area (TPSA) is 55.9 Å². The van der Waals surface area contributed by atoms with E-state index < -0.39 is 0 Å². The molecule has 21 heavy (non-hydrogen) atoms. The summed E-state index contributed by atoms with van der Waals surface area (Å²) in [5.74, 6) is 5.80. The summed E-state index contributed by atoms with van der Waals surface area (Å²) >= 11 is 5.88. The molecular weight excluding hydrogens is 443 g/mol. The monoisotopic (exact) mass is 462 g/mol. The SMILES string of the molecule is CCc1cc(CC(NN)c2cc(Br)ccc2I)n(CC)n1. The van der Waals surface area contributed by atoms with Crippen LogP contribution >= 0.6 is 38.5 Å². The van der Waals surface area contributed by atoms with Crippen molar-refractivity contribution in [1.29, 1.82) is 0 Å². The van der Waals surface area contributed by atoms with Gasteiger partial charge in [0, 0.05) is 26.7 Å². The summed E-state index contributed by atoms with van der Waals surface area (Å²) in [7, 11) is 0. The summed E-state index contributed by atoms with van der Waals surface area (Å²) in [6, 6.07) is 8.52. The largest absolute Gasteiger partial charge is 0.271 e. The summed E-state index contributed by atoms with van der Waals surface area (Å²) < 4.78 is 4.34. The molecule has 0 saturated carbocycles. The maximum absolute atomic E-state index is 5.80. The van der Waals surface area contributed by atoms with E-state index in [0.717, 1.165) is 29.6 Å². The predicted molar refractivity (Wildman–Crippen MR) is 97.9 cm³/mol. The van der Waals surface area contributed by atoms with Crippen LogP contribution in [0.5, 0.6) is 0 Å². The van der Waals surface area contributed by atoms with Gasteiger partial charge in [-0.3, -0.25) is 16.0 Å². The van der Waals surface area contributed by atoms with Gasteiger partial charge in [0.1, 0.15) is 0 Å². The van der Waals surface area contributed by atoms with Crippen molar-refractivity contribution in [3.05, 3.63) is 49.3 Å². The lowest BCUT2D eigenvalue weighted by atomic mass is 10.0. The smallest absolute Gasteiger partial charge is 0.0624 e. The second kappa shape index (κ2) is 7.71. The molecule has 1 unspecified atom stereocenters. The fourth-order valence-corrected chi connectivity index (χ4v) is 3.47. The minimum absolute atomic E-state index is 0.0705. The Bertz CT molecular complexity index is 612. The van der Waals surface area contributed by atoms with Crippen molar-refractivity contribution < 1.29 is 0 Å². The van der Waals surface area contributed by atoms with Crippen LogP contribution in [0.2, 0.25) is 0 Å². The number of aryl methyl sites for hydroxylation is 2. The van der Waals surface area contributed by atoms with Crippen molar-refractivity contribution in [2.75, 3.05) is 0 Å². The molecule has 0 fully saturated rings. The zero-order valence-electron chi connectivity index (χ0n) is 12.2. The van der Waals surface area contributed by atoms with Gasteiger partial charge in [0.05, 0.1) is 11.7 Å². The summed E-state index contributed by atoms with van der Waals surface area (Å²) in [6.45, 7) is 5.12. The van der Waals surface area contributed by atoms with Gasteiger partial charge in [-0.25, -0.2) is 0 Å². The Hall–Kier alpha value is -0.440. The molecule has 1 atom stereocenters. The van der Waals surface area contributed by atoms with Gasteiger partial charge in [0.2, 0.25) is 0 Å². The number of rotatable bonds is 6. The van der Waals surface area contributed by atoms with Crippen LogP contribution < -0.4 is 11.3 Å². The highest BCUT2D eigenvalue weighted by Crippen LogP contribution is 2.26. The number of nitrogens with one attached hydrogen (secondary N) is 1. The van der Waals surface area contributed by atoms with Crippen LogP contribution in [0.1, 0.15) is 36.8 Å². The van der Waals surface area contributed by atoms with Crippen LogP contribution in [0.25, 0.3) is 0 Å². The Kier molecular flexibility index (Phi) is 6.21. The molecule has 1 aromatic carbocycles. The lowest BCUT2D eigenvalue weighted by Crippen LogP contribution is -2.30. The molecule has 3 N–H and O–H groups in total. The molecule has 114 valence electrons. The van der Waals surface area contributed by atoms with E-state index in [4.69, 9.17) is 5.84 Å². The zero-order chi connectivity index (χ0) is 15.4. The molecule has 0 radical (unpaired) electrons. The number of hydrogen-bond donors (Lipinski definition) is 2. The summed E-state index contributed by atoms with van der Waals surface area (Å²) in [5.41, 5.74) is 6.50. The standard InChI is InChI=1S/C15H20BrIN4/c1-3-11-8-12(21(4-2)20-11)9-15(19-18)13-7-10(16)5-6-14(13)17/h5-8,15,19H,3-4,9,18H2,1-2H3. The average molecular weight is 463 g/mol. The number of aromatic nitrogens is 2. The lowest BCUT2D eigenvalue weighted by molar-refractivity contribution is 0.515. The van der Waals surface area contributed by atoms with Gasteiger partial charge < -0.3 is 0 Å². The van der Waals surface area contributed by atoms with E-state index in [1.807, 2.05) is 6.07 Å². The molecule has 2 aromatic rings. The van der Waals surface area contributed by atoms with Crippen LogP contribution in [-0.2, 0) is 19.4 Å². The van der Waals surface area contributed by atoms with Crippen LogP contribution in [-0.4, -0.2) is 9.78 Å². The third kappa shape index (κ3) is 4.06. The number of benzene rings is 1. The van der Waals surface area contributed by atoms with Crippen molar-refractivity contribution in [3.63, 3.8) is 0 Å². The van der Waals surface area contributed by atoms with E-state index in [0.29, 0.717) is 0 Å². The Morgan fingerprint density at radius 3 is 2.76 bits per heavy atom. The maximum Gasteiger partial charge on any atom is 0.0624 e. The minimum atomic E-state index is 0.0705. The Labute approximate surface area is 147 Å². The third-order valence-corrected chi connectivity index (χ3v) is 5.00. The van der Waals surface area contributed by atoms with Gasteiger partial charge in [0.25, 0.3) is 0 Å². The van der Waals surface area contributed by atoms with E-state index in [1.54, 1.807) is 0 Å². The van der Waals surface area contributed by atoms with Crippen LogP contribution in [0, 0.1) is 3.57 Å². The molecular formula is C15H20BrIN4. The van der Waals surface area contributed by atoms with Crippen molar-refractivity contribution in [1.82, 2.24) is 15.2 Å². The van der Waals surface area contributed by atoms with Crippen molar-refractivity contribution in [3.8, 4) is 0 Å². The first-order valence-corrected chi connectivity index (χ1v) is 8.92. The van der Waals surface area contributed by atoms with Gasteiger partial charge in [-0.1, -0.05) is 22.9 Å². The highest BCUT2D eigenvalue weighted by Gasteiger charge is 2.17.